The number of imide groups is 1. The summed E-state index contributed by atoms with van der Waals surface area (Å²) < 4.78 is 0. The van der Waals surface area contributed by atoms with Crippen LogP contribution in [0.25, 0.3) is 0 Å². The molecule has 2 amide bonds. The Labute approximate surface area is 128 Å². The number of aliphatic hydroxyl groups is 1. The second-order valence-corrected chi connectivity index (χ2v) is 5.97. The Bertz CT molecular complexity index is 553. The summed E-state index contributed by atoms with van der Waals surface area (Å²) in [6.07, 6.45) is 1.22. The average Bonchev–Trinajstić information content (AvgIpc) is 2.76. The topological polar surface area (TPSA) is 60.9 Å². The Morgan fingerprint density at radius 1 is 1.10 bits per heavy atom. The highest BCUT2D eigenvalue weighted by Crippen LogP contribution is 2.28. The number of benzene rings is 1. The second-order valence-electron chi connectivity index (χ2n) is 5.53. The van der Waals surface area contributed by atoms with Crippen molar-refractivity contribution in [3.05, 3.63) is 29.3 Å². The van der Waals surface area contributed by atoms with Crippen molar-refractivity contribution < 1.29 is 14.7 Å². The van der Waals surface area contributed by atoms with Gasteiger partial charge in [0, 0.05) is 18.1 Å². The van der Waals surface area contributed by atoms with Gasteiger partial charge in [-0.05, 0) is 37.1 Å². The maximum Gasteiger partial charge on any atom is 0.251 e. The standard InChI is InChI=1S/C15H17ClN2O3/c16-10-1-3-11(4-2-10)18-14(20)9-13(15(18)21)17-7-5-12(19)6-8-17/h1-4,12-13,19H,5-9H2. The highest BCUT2D eigenvalue weighted by molar-refractivity contribution is 6.30. The zero-order valence-corrected chi connectivity index (χ0v) is 12.3. The van der Waals surface area contributed by atoms with Crippen LogP contribution >= 0.6 is 11.6 Å². The van der Waals surface area contributed by atoms with Crippen LogP contribution in [-0.2, 0) is 9.59 Å². The Kier molecular flexibility index (Phi) is 3.97. The number of anilines is 1. The van der Waals surface area contributed by atoms with E-state index in [0.717, 1.165) is 0 Å². The molecule has 0 aromatic heterocycles. The summed E-state index contributed by atoms with van der Waals surface area (Å²) in [5.41, 5.74) is 0.564. The van der Waals surface area contributed by atoms with Gasteiger partial charge in [-0.2, -0.15) is 0 Å². The molecule has 5 nitrogen and oxygen atoms in total. The molecule has 0 saturated carbocycles. The third-order valence-electron chi connectivity index (χ3n) is 4.15. The molecule has 0 radical (unpaired) electrons. The number of carbonyl (C=O) groups is 2. The Morgan fingerprint density at radius 3 is 2.33 bits per heavy atom. The summed E-state index contributed by atoms with van der Waals surface area (Å²) in [5.74, 6) is -0.364. The maximum atomic E-state index is 12.6. The lowest BCUT2D eigenvalue weighted by Gasteiger charge is -2.32. The van der Waals surface area contributed by atoms with E-state index >= 15 is 0 Å². The van der Waals surface area contributed by atoms with Crippen LogP contribution in [-0.4, -0.2) is 47.1 Å². The number of hydrogen-bond acceptors (Lipinski definition) is 4. The maximum absolute atomic E-state index is 12.6. The Morgan fingerprint density at radius 2 is 1.71 bits per heavy atom. The number of rotatable bonds is 2. The number of nitrogens with zero attached hydrogens (tertiary/aromatic N) is 2. The number of piperidine rings is 1. The predicted molar refractivity (Wildman–Crippen MR) is 79.2 cm³/mol. The number of likely N-dealkylation sites (tertiary alicyclic amines) is 1. The van der Waals surface area contributed by atoms with Gasteiger partial charge in [-0.15, -0.1) is 0 Å². The molecule has 3 rings (SSSR count). The molecule has 2 aliphatic heterocycles. The SMILES string of the molecule is O=C1CC(N2CCC(O)CC2)C(=O)N1c1ccc(Cl)cc1. The van der Waals surface area contributed by atoms with Crippen molar-refractivity contribution >= 4 is 29.1 Å². The first-order chi connectivity index (χ1) is 10.1. The van der Waals surface area contributed by atoms with Gasteiger partial charge in [0.05, 0.1) is 24.3 Å². The first-order valence-corrected chi connectivity index (χ1v) is 7.48. The molecule has 2 fully saturated rings. The molecule has 1 aromatic carbocycles. The molecule has 1 N–H and O–H groups in total. The number of aliphatic hydroxyl groups excluding tert-OH is 1. The third kappa shape index (κ3) is 2.81. The molecule has 1 atom stereocenters. The van der Waals surface area contributed by atoms with Crippen LogP contribution in [0.2, 0.25) is 5.02 Å². The molecule has 1 aromatic rings. The van der Waals surface area contributed by atoms with E-state index in [1.165, 1.54) is 4.90 Å². The van der Waals surface area contributed by atoms with Crippen LogP contribution in [0.4, 0.5) is 5.69 Å². The van der Waals surface area contributed by atoms with Gasteiger partial charge < -0.3 is 5.11 Å². The zero-order valence-electron chi connectivity index (χ0n) is 11.5. The van der Waals surface area contributed by atoms with Gasteiger partial charge in [0.1, 0.15) is 0 Å². The van der Waals surface area contributed by atoms with Crippen LogP contribution in [0.3, 0.4) is 0 Å². The summed E-state index contributed by atoms with van der Waals surface area (Å²) in [7, 11) is 0. The minimum atomic E-state index is -0.402. The molecular weight excluding hydrogens is 292 g/mol. The van der Waals surface area contributed by atoms with E-state index in [9.17, 15) is 14.7 Å². The minimum Gasteiger partial charge on any atom is -0.393 e. The molecule has 2 heterocycles. The Hall–Kier alpha value is -1.43. The number of hydrogen-bond donors (Lipinski definition) is 1. The molecule has 21 heavy (non-hydrogen) atoms. The summed E-state index contributed by atoms with van der Waals surface area (Å²) in [5, 5.41) is 10.1. The van der Waals surface area contributed by atoms with Crippen LogP contribution in [0.15, 0.2) is 24.3 Å². The molecule has 0 bridgehead atoms. The number of halogens is 1. The third-order valence-corrected chi connectivity index (χ3v) is 4.40. The van der Waals surface area contributed by atoms with Crippen molar-refractivity contribution in [3.8, 4) is 0 Å². The van der Waals surface area contributed by atoms with Crippen molar-refractivity contribution in [2.75, 3.05) is 18.0 Å². The fraction of sp³-hybridized carbons (Fsp3) is 0.467. The van der Waals surface area contributed by atoms with Crippen molar-refractivity contribution in [1.29, 1.82) is 0 Å². The summed E-state index contributed by atoms with van der Waals surface area (Å²) in [4.78, 5) is 28.0. The summed E-state index contributed by atoms with van der Waals surface area (Å²) in [6.45, 7) is 1.30. The molecule has 2 aliphatic rings. The average molecular weight is 309 g/mol. The normalized spacial score (nSPS) is 24.9. The fourth-order valence-electron chi connectivity index (χ4n) is 2.96. The molecule has 1 unspecified atom stereocenters. The number of amides is 2. The highest BCUT2D eigenvalue weighted by atomic mass is 35.5. The van der Waals surface area contributed by atoms with E-state index < -0.39 is 6.04 Å². The summed E-state index contributed by atoms with van der Waals surface area (Å²) in [6, 6.07) is 6.30. The summed E-state index contributed by atoms with van der Waals surface area (Å²) >= 11 is 5.83. The predicted octanol–water partition coefficient (Wildman–Crippen LogP) is 1.43. The van der Waals surface area contributed by atoms with Crippen molar-refractivity contribution in [1.82, 2.24) is 4.90 Å². The van der Waals surface area contributed by atoms with E-state index in [-0.39, 0.29) is 24.3 Å². The van der Waals surface area contributed by atoms with E-state index in [1.807, 2.05) is 4.90 Å². The largest absolute Gasteiger partial charge is 0.393 e. The van der Waals surface area contributed by atoms with Gasteiger partial charge in [0.2, 0.25) is 5.91 Å². The van der Waals surface area contributed by atoms with E-state index in [0.29, 0.717) is 36.6 Å². The van der Waals surface area contributed by atoms with Crippen molar-refractivity contribution in [2.24, 2.45) is 0 Å². The van der Waals surface area contributed by atoms with Gasteiger partial charge in [0.25, 0.3) is 5.91 Å². The Balaban J connectivity index is 1.77. The van der Waals surface area contributed by atoms with Gasteiger partial charge in [0.15, 0.2) is 0 Å². The molecule has 0 aliphatic carbocycles. The molecular formula is C15H17ClN2O3. The van der Waals surface area contributed by atoms with Crippen LogP contribution < -0.4 is 4.90 Å². The monoisotopic (exact) mass is 308 g/mol. The van der Waals surface area contributed by atoms with E-state index in [4.69, 9.17) is 11.6 Å². The van der Waals surface area contributed by atoms with Gasteiger partial charge in [-0.25, -0.2) is 4.90 Å². The van der Waals surface area contributed by atoms with Crippen molar-refractivity contribution in [2.45, 2.75) is 31.4 Å². The first kappa shape index (κ1) is 14.5. The van der Waals surface area contributed by atoms with Gasteiger partial charge in [-0.1, -0.05) is 11.6 Å². The highest BCUT2D eigenvalue weighted by Gasteiger charge is 2.43. The fourth-order valence-corrected chi connectivity index (χ4v) is 3.09. The molecule has 2 saturated heterocycles. The second kappa shape index (κ2) is 5.75. The van der Waals surface area contributed by atoms with Crippen LogP contribution in [0, 0.1) is 0 Å². The molecule has 112 valence electrons. The van der Waals surface area contributed by atoms with Crippen LogP contribution in [0.1, 0.15) is 19.3 Å². The lowest BCUT2D eigenvalue weighted by Crippen LogP contribution is -2.46. The van der Waals surface area contributed by atoms with Gasteiger partial charge in [-0.3, -0.25) is 14.5 Å². The zero-order chi connectivity index (χ0) is 15.0. The smallest absolute Gasteiger partial charge is 0.251 e. The first-order valence-electron chi connectivity index (χ1n) is 7.11. The quantitative estimate of drug-likeness (QED) is 0.840. The van der Waals surface area contributed by atoms with Crippen LogP contribution in [0.5, 0.6) is 0 Å². The van der Waals surface area contributed by atoms with E-state index in [2.05, 4.69) is 0 Å². The molecule has 6 heteroatoms. The minimum absolute atomic E-state index is 0.182. The molecule has 0 spiro atoms. The van der Waals surface area contributed by atoms with Gasteiger partial charge >= 0.3 is 0 Å². The lowest BCUT2D eigenvalue weighted by atomic mass is 10.1. The van der Waals surface area contributed by atoms with Crippen molar-refractivity contribution in [3.63, 3.8) is 0 Å². The lowest BCUT2D eigenvalue weighted by molar-refractivity contribution is -0.123. The van der Waals surface area contributed by atoms with E-state index in [1.54, 1.807) is 24.3 Å². The number of carbonyl (C=O) groups excluding carboxylic acids is 2.